The Morgan fingerprint density at radius 3 is 2.66 bits per heavy atom. The fraction of sp³-hybridized carbons (Fsp3) is 0.308. The van der Waals surface area contributed by atoms with E-state index in [-0.39, 0.29) is 23.6 Å². The smallest absolute Gasteiger partial charge is 0.232 e. The number of amides is 1. The van der Waals surface area contributed by atoms with E-state index >= 15 is 0 Å². The lowest BCUT2D eigenvalue weighted by atomic mass is 9.83. The molecule has 2 aromatic carbocycles. The van der Waals surface area contributed by atoms with Gasteiger partial charge in [-0.15, -0.1) is 0 Å². The number of pyridine rings is 1. The van der Waals surface area contributed by atoms with Crippen LogP contribution in [-0.4, -0.2) is 35.5 Å². The van der Waals surface area contributed by atoms with Crippen LogP contribution < -0.4 is 0 Å². The van der Waals surface area contributed by atoms with Crippen molar-refractivity contribution in [3.05, 3.63) is 101 Å². The first-order valence-electron chi connectivity index (χ1n) is 10.7. The summed E-state index contributed by atoms with van der Waals surface area (Å²) in [7, 11) is 0. The number of benzene rings is 2. The fourth-order valence-corrected chi connectivity index (χ4v) is 4.00. The highest BCUT2D eigenvalue weighted by Crippen LogP contribution is 2.29. The van der Waals surface area contributed by atoms with E-state index in [1.165, 1.54) is 18.2 Å². The molecule has 0 N–H and O–H groups in total. The SMILES string of the molecule is CC(C)(C(=O)N1CCOC(c2ccc(Cc3ccccc3F)cn2)C1)c1cccc(F)c1. The van der Waals surface area contributed by atoms with Gasteiger partial charge in [-0.1, -0.05) is 36.4 Å². The lowest BCUT2D eigenvalue weighted by Crippen LogP contribution is -2.49. The summed E-state index contributed by atoms with van der Waals surface area (Å²) >= 11 is 0. The summed E-state index contributed by atoms with van der Waals surface area (Å²) in [6.07, 6.45) is 1.83. The van der Waals surface area contributed by atoms with Gasteiger partial charge in [-0.05, 0) is 54.8 Å². The fourth-order valence-electron chi connectivity index (χ4n) is 4.00. The highest BCUT2D eigenvalue weighted by molar-refractivity contribution is 5.87. The van der Waals surface area contributed by atoms with Crippen molar-refractivity contribution in [3.63, 3.8) is 0 Å². The molecule has 1 aliphatic rings. The van der Waals surface area contributed by atoms with Gasteiger partial charge in [-0.25, -0.2) is 8.78 Å². The van der Waals surface area contributed by atoms with E-state index in [1.54, 1.807) is 35.4 Å². The first-order chi connectivity index (χ1) is 15.3. The van der Waals surface area contributed by atoms with E-state index < -0.39 is 5.41 Å². The molecule has 32 heavy (non-hydrogen) atoms. The van der Waals surface area contributed by atoms with Crippen molar-refractivity contribution in [1.29, 1.82) is 0 Å². The number of rotatable bonds is 5. The van der Waals surface area contributed by atoms with E-state index in [2.05, 4.69) is 4.98 Å². The van der Waals surface area contributed by atoms with Crippen molar-refractivity contribution in [2.45, 2.75) is 31.8 Å². The molecule has 3 aromatic rings. The molecule has 0 spiro atoms. The van der Waals surface area contributed by atoms with Crippen molar-refractivity contribution in [3.8, 4) is 0 Å². The van der Waals surface area contributed by atoms with Gasteiger partial charge in [0.2, 0.25) is 5.91 Å². The Balaban J connectivity index is 1.45. The van der Waals surface area contributed by atoms with Gasteiger partial charge in [0.05, 0.1) is 24.3 Å². The summed E-state index contributed by atoms with van der Waals surface area (Å²) < 4.78 is 33.5. The van der Waals surface area contributed by atoms with Gasteiger partial charge in [0, 0.05) is 19.2 Å². The number of nitrogens with zero attached hydrogens (tertiary/aromatic N) is 2. The standard InChI is InChI=1S/C26H26F2N2O2/c1-26(2,20-7-5-8-21(27)15-20)25(31)30-12-13-32-24(17-30)23-11-10-18(16-29-23)14-19-6-3-4-9-22(19)28/h3-11,15-16,24H,12-14,17H2,1-2H3. The van der Waals surface area contributed by atoms with Crippen LogP contribution in [0.3, 0.4) is 0 Å². The Labute approximate surface area is 186 Å². The summed E-state index contributed by atoms with van der Waals surface area (Å²) in [6.45, 7) is 4.86. The molecule has 1 saturated heterocycles. The van der Waals surface area contributed by atoms with Crippen LogP contribution in [-0.2, 0) is 21.4 Å². The summed E-state index contributed by atoms with van der Waals surface area (Å²) in [5.74, 6) is -0.669. The Bertz CT molecular complexity index is 1100. The molecule has 2 heterocycles. The van der Waals surface area contributed by atoms with Crippen molar-refractivity contribution in [1.82, 2.24) is 9.88 Å². The molecule has 0 radical (unpaired) electrons. The first-order valence-corrected chi connectivity index (χ1v) is 10.7. The van der Waals surface area contributed by atoms with Gasteiger partial charge in [0.15, 0.2) is 0 Å². The number of aromatic nitrogens is 1. The summed E-state index contributed by atoms with van der Waals surface area (Å²) in [4.78, 5) is 19.6. The van der Waals surface area contributed by atoms with Crippen molar-refractivity contribution < 1.29 is 18.3 Å². The highest BCUT2D eigenvalue weighted by atomic mass is 19.1. The zero-order valence-corrected chi connectivity index (χ0v) is 18.2. The van der Waals surface area contributed by atoms with Gasteiger partial charge in [-0.3, -0.25) is 9.78 Å². The van der Waals surface area contributed by atoms with Crippen LogP contribution in [0.15, 0.2) is 66.9 Å². The average Bonchev–Trinajstić information content (AvgIpc) is 2.80. The molecular formula is C26H26F2N2O2. The molecule has 1 atom stereocenters. The number of hydrogen-bond donors (Lipinski definition) is 0. The van der Waals surface area contributed by atoms with E-state index in [0.29, 0.717) is 37.2 Å². The second-order valence-electron chi connectivity index (χ2n) is 8.61. The Hall–Kier alpha value is -3.12. The minimum absolute atomic E-state index is 0.0763. The lowest BCUT2D eigenvalue weighted by Gasteiger charge is -2.37. The van der Waals surface area contributed by atoms with Crippen LogP contribution in [0.25, 0.3) is 0 Å². The third-order valence-corrected chi connectivity index (χ3v) is 5.96. The predicted molar refractivity (Wildman–Crippen MR) is 118 cm³/mol. The molecular weight excluding hydrogens is 410 g/mol. The molecule has 4 rings (SSSR count). The van der Waals surface area contributed by atoms with Crippen LogP contribution in [0, 0.1) is 11.6 Å². The van der Waals surface area contributed by atoms with Crippen LogP contribution in [0.2, 0.25) is 0 Å². The number of morpholine rings is 1. The maximum absolute atomic E-state index is 13.9. The van der Waals surface area contributed by atoms with Crippen LogP contribution in [0.5, 0.6) is 0 Å². The second kappa shape index (κ2) is 9.17. The van der Waals surface area contributed by atoms with Gasteiger partial charge in [0.25, 0.3) is 0 Å². The second-order valence-corrected chi connectivity index (χ2v) is 8.61. The van der Waals surface area contributed by atoms with E-state index in [4.69, 9.17) is 4.74 Å². The number of halogens is 2. The topological polar surface area (TPSA) is 42.4 Å². The highest BCUT2D eigenvalue weighted by Gasteiger charge is 2.37. The normalized spacial score (nSPS) is 16.8. The predicted octanol–water partition coefficient (Wildman–Crippen LogP) is 4.83. The largest absolute Gasteiger partial charge is 0.368 e. The zero-order valence-electron chi connectivity index (χ0n) is 18.2. The van der Waals surface area contributed by atoms with E-state index in [0.717, 1.165) is 11.3 Å². The number of carbonyl (C=O) groups is 1. The summed E-state index contributed by atoms with van der Waals surface area (Å²) in [5.41, 5.74) is 2.02. The molecule has 6 heteroatoms. The molecule has 1 aromatic heterocycles. The molecule has 0 bridgehead atoms. The van der Waals surface area contributed by atoms with E-state index in [9.17, 15) is 13.6 Å². The molecule has 1 aliphatic heterocycles. The number of ether oxygens (including phenoxy) is 1. The van der Waals surface area contributed by atoms with Gasteiger partial charge in [0.1, 0.15) is 17.7 Å². The third kappa shape index (κ3) is 4.70. The van der Waals surface area contributed by atoms with Crippen molar-refractivity contribution in [2.24, 2.45) is 0 Å². The van der Waals surface area contributed by atoms with Crippen LogP contribution in [0.1, 0.15) is 42.3 Å². The lowest BCUT2D eigenvalue weighted by molar-refractivity contribution is -0.144. The molecule has 4 nitrogen and oxygen atoms in total. The third-order valence-electron chi connectivity index (χ3n) is 5.96. The summed E-state index contributed by atoms with van der Waals surface area (Å²) in [6, 6.07) is 16.6. The van der Waals surface area contributed by atoms with Crippen molar-refractivity contribution >= 4 is 5.91 Å². The monoisotopic (exact) mass is 436 g/mol. The maximum Gasteiger partial charge on any atom is 0.232 e. The number of hydrogen-bond acceptors (Lipinski definition) is 3. The molecule has 0 saturated carbocycles. The first kappa shape index (κ1) is 22.1. The van der Waals surface area contributed by atoms with Crippen LogP contribution in [0.4, 0.5) is 8.78 Å². The van der Waals surface area contributed by atoms with E-state index in [1.807, 2.05) is 32.0 Å². The molecule has 166 valence electrons. The molecule has 1 fully saturated rings. The molecule has 1 amide bonds. The van der Waals surface area contributed by atoms with Gasteiger partial charge >= 0.3 is 0 Å². The quantitative estimate of drug-likeness (QED) is 0.576. The van der Waals surface area contributed by atoms with Gasteiger partial charge < -0.3 is 9.64 Å². The Morgan fingerprint density at radius 1 is 1.12 bits per heavy atom. The zero-order chi connectivity index (χ0) is 22.7. The maximum atomic E-state index is 13.9. The Kier molecular flexibility index (Phi) is 6.33. The van der Waals surface area contributed by atoms with Crippen LogP contribution >= 0.6 is 0 Å². The average molecular weight is 437 g/mol. The minimum Gasteiger partial charge on any atom is -0.368 e. The summed E-state index contributed by atoms with van der Waals surface area (Å²) in [5, 5.41) is 0. The minimum atomic E-state index is -0.860. The molecule has 0 aliphatic carbocycles. The Morgan fingerprint density at radius 2 is 1.94 bits per heavy atom. The number of carbonyl (C=O) groups excluding carboxylic acids is 1. The van der Waals surface area contributed by atoms with Gasteiger partial charge in [-0.2, -0.15) is 0 Å². The van der Waals surface area contributed by atoms with Crippen molar-refractivity contribution in [2.75, 3.05) is 19.7 Å². The molecule has 1 unspecified atom stereocenters.